The van der Waals surface area contributed by atoms with Gasteiger partial charge < -0.3 is 9.67 Å². The molecule has 1 spiro atoms. The van der Waals surface area contributed by atoms with Gasteiger partial charge in [0.15, 0.2) is 0 Å². The van der Waals surface area contributed by atoms with Gasteiger partial charge in [-0.2, -0.15) is 0 Å². The molecule has 30 heavy (non-hydrogen) atoms. The molecule has 0 saturated carbocycles. The number of hydrogen-bond donors (Lipinski definition) is 1. The van der Waals surface area contributed by atoms with Crippen LogP contribution in [0, 0.1) is 11.3 Å². The molecule has 0 aliphatic carbocycles. The van der Waals surface area contributed by atoms with Crippen molar-refractivity contribution in [3.8, 4) is 0 Å². The smallest absolute Gasteiger partial charge is 0.0481 e. The van der Waals surface area contributed by atoms with Crippen LogP contribution in [0.4, 0.5) is 0 Å². The molecule has 0 bridgehead atoms. The Morgan fingerprint density at radius 1 is 0.933 bits per heavy atom. The molecule has 0 radical (unpaired) electrons. The van der Waals surface area contributed by atoms with Crippen molar-refractivity contribution >= 4 is 10.9 Å². The van der Waals surface area contributed by atoms with Crippen molar-refractivity contribution < 1.29 is 5.11 Å². The molecule has 158 valence electrons. The Bertz CT molecular complexity index is 988. The molecule has 5 rings (SSSR count). The van der Waals surface area contributed by atoms with E-state index < -0.39 is 0 Å². The summed E-state index contributed by atoms with van der Waals surface area (Å²) in [4.78, 5) is 5.18. The highest BCUT2D eigenvalue weighted by molar-refractivity contribution is 5.83. The highest BCUT2D eigenvalue weighted by atomic mass is 16.3. The second-order valence-corrected chi connectivity index (χ2v) is 9.46. The first kappa shape index (κ1) is 19.8. The normalized spacial score (nSPS) is 22.3. The van der Waals surface area contributed by atoms with E-state index in [9.17, 15) is 5.11 Å². The number of aryl methyl sites for hydroxylation is 1. The van der Waals surface area contributed by atoms with Crippen molar-refractivity contribution in [1.82, 2.24) is 14.4 Å². The molecule has 1 N–H and O–H groups in total. The van der Waals surface area contributed by atoms with Gasteiger partial charge in [-0.1, -0.05) is 48.5 Å². The topological polar surface area (TPSA) is 31.6 Å². The third kappa shape index (κ3) is 3.68. The number of aliphatic hydroxyl groups excluding tert-OH is 1. The zero-order chi connectivity index (χ0) is 20.6. The Morgan fingerprint density at radius 3 is 2.43 bits per heavy atom. The molecule has 3 aromatic rings. The summed E-state index contributed by atoms with van der Waals surface area (Å²) in [7, 11) is 2.14. The van der Waals surface area contributed by atoms with Crippen LogP contribution in [0.15, 0.2) is 60.8 Å². The molecule has 2 aromatic carbocycles. The lowest BCUT2D eigenvalue weighted by atomic mass is 9.71. The van der Waals surface area contributed by atoms with Gasteiger partial charge in [-0.05, 0) is 48.5 Å². The number of benzene rings is 2. The van der Waals surface area contributed by atoms with E-state index in [-0.39, 0.29) is 5.41 Å². The van der Waals surface area contributed by atoms with Gasteiger partial charge >= 0.3 is 0 Å². The van der Waals surface area contributed by atoms with Crippen LogP contribution in [-0.4, -0.2) is 52.3 Å². The predicted octanol–water partition coefficient (Wildman–Crippen LogP) is 3.88. The number of para-hydroxylation sites is 1. The number of aliphatic hydroxyl groups is 1. The minimum atomic E-state index is 0.277. The molecule has 2 saturated heterocycles. The first-order chi connectivity index (χ1) is 14.7. The first-order valence-corrected chi connectivity index (χ1v) is 11.3. The maximum atomic E-state index is 10.1. The maximum Gasteiger partial charge on any atom is 0.0481 e. The summed E-state index contributed by atoms with van der Waals surface area (Å²) in [6, 6.07) is 19.5. The number of rotatable bonds is 5. The van der Waals surface area contributed by atoms with Crippen LogP contribution in [0.25, 0.3) is 10.9 Å². The number of piperidine rings is 1. The van der Waals surface area contributed by atoms with Gasteiger partial charge in [0.1, 0.15) is 0 Å². The first-order valence-electron chi connectivity index (χ1n) is 11.3. The summed E-state index contributed by atoms with van der Waals surface area (Å²) in [5.41, 5.74) is 4.40. The van der Waals surface area contributed by atoms with E-state index in [0.29, 0.717) is 12.5 Å². The van der Waals surface area contributed by atoms with E-state index in [1.54, 1.807) is 0 Å². The van der Waals surface area contributed by atoms with Crippen molar-refractivity contribution in [2.75, 3.05) is 32.8 Å². The lowest BCUT2D eigenvalue weighted by Crippen LogP contribution is -2.44. The Morgan fingerprint density at radius 2 is 1.67 bits per heavy atom. The van der Waals surface area contributed by atoms with E-state index in [1.165, 1.54) is 34.9 Å². The fraction of sp³-hybridized carbons (Fsp3) is 0.462. The van der Waals surface area contributed by atoms with E-state index in [1.807, 2.05) is 0 Å². The number of aromatic nitrogens is 1. The lowest BCUT2D eigenvalue weighted by Gasteiger charge is -2.42. The average Bonchev–Trinajstić information content (AvgIpc) is 3.28. The molecule has 4 nitrogen and oxygen atoms in total. The van der Waals surface area contributed by atoms with Crippen LogP contribution >= 0.6 is 0 Å². The fourth-order valence-corrected chi connectivity index (χ4v) is 5.87. The fourth-order valence-electron chi connectivity index (χ4n) is 5.87. The van der Waals surface area contributed by atoms with E-state index in [2.05, 4.69) is 82.2 Å². The highest BCUT2D eigenvalue weighted by Crippen LogP contribution is 2.45. The molecule has 3 heterocycles. The molecule has 2 fully saturated rings. The maximum absolute atomic E-state index is 10.1. The standard InChI is InChI=1S/C26H33N3O/c1-27-16-22(24-9-5-6-10-25(24)27)17-28-13-11-26(12-14-28)20-29(18-23(26)19-30)15-21-7-3-2-4-8-21/h2-10,16,23,30H,11-15,17-20H2,1H3. The second kappa shape index (κ2) is 8.18. The van der Waals surface area contributed by atoms with Crippen LogP contribution in [0.5, 0.6) is 0 Å². The van der Waals surface area contributed by atoms with Gasteiger partial charge in [-0.15, -0.1) is 0 Å². The molecule has 2 aliphatic heterocycles. The Kier molecular flexibility index (Phi) is 5.40. The Balaban J connectivity index is 1.25. The summed E-state index contributed by atoms with van der Waals surface area (Å²) < 4.78 is 2.25. The highest BCUT2D eigenvalue weighted by Gasteiger charge is 2.47. The predicted molar refractivity (Wildman–Crippen MR) is 122 cm³/mol. The van der Waals surface area contributed by atoms with Crippen LogP contribution in [0.3, 0.4) is 0 Å². The SMILES string of the molecule is Cn1cc(CN2CCC3(CC2)CN(Cc2ccccc2)CC3CO)c2ccccc21. The minimum Gasteiger partial charge on any atom is -0.396 e. The summed E-state index contributed by atoms with van der Waals surface area (Å²) in [5.74, 6) is 0.404. The summed E-state index contributed by atoms with van der Waals surface area (Å²) in [5, 5.41) is 11.5. The van der Waals surface area contributed by atoms with Crippen LogP contribution < -0.4 is 0 Å². The van der Waals surface area contributed by atoms with Gasteiger partial charge in [0, 0.05) is 62.9 Å². The van der Waals surface area contributed by atoms with Crippen molar-refractivity contribution in [1.29, 1.82) is 0 Å². The number of nitrogens with zero attached hydrogens (tertiary/aromatic N) is 3. The summed E-state index contributed by atoms with van der Waals surface area (Å²) in [6.45, 7) is 6.73. The van der Waals surface area contributed by atoms with E-state index in [0.717, 1.165) is 39.3 Å². The molecule has 2 aliphatic rings. The van der Waals surface area contributed by atoms with Crippen LogP contribution in [-0.2, 0) is 20.1 Å². The van der Waals surface area contributed by atoms with Gasteiger partial charge in [-0.25, -0.2) is 0 Å². The van der Waals surface area contributed by atoms with Gasteiger partial charge in [-0.3, -0.25) is 9.80 Å². The van der Waals surface area contributed by atoms with Crippen molar-refractivity contribution in [2.45, 2.75) is 25.9 Å². The van der Waals surface area contributed by atoms with Gasteiger partial charge in [0.05, 0.1) is 0 Å². The monoisotopic (exact) mass is 403 g/mol. The Labute approximate surface area is 179 Å². The quantitative estimate of drug-likeness (QED) is 0.701. The third-order valence-electron chi connectivity index (χ3n) is 7.58. The molecule has 1 aromatic heterocycles. The largest absolute Gasteiger partial charge is 0.396 e. The zero-order valence-corrected chi connectivity index (χ0v) is 18.0. The number of fused-ring (bicyclic) bond motifs is 1. The molecule has 1 unspecified atom stereocenters. The lowest BCUT2D eigenvalue weighted by molar-refractivity contribution is 0.0483. The molecular weight excluding hydrogens is 370 g/mol. The summed E-state index contributed by atoms with van der Waals surface area (Å²) in [6.07, 6.45) is 4.67. The van der Waals surface area contributed by atoms with E-state index >= 15 is 0 Å². The molecule has 4 heteroatoms. The third-order valence-corrected chi connectivity index (χ3v) is 7.58. The van der Waals surface area contributed by atoms with Crippen molar-refractivity contribution in [3.05, 3.63) is 71.9 Å². The number of likely N-dealkylation sites (tertiary alicyclic amines) is 2. The zero-order valence-electron chi connectivity index (χ0n) is 18.0. The minimum absolute atomic E-state index is 0.277. The van der Waals surface area contributed by atoms with Crippen molar-refractivity contribution in [2.24, 2.45) is 18.4 Å². The second-order valence-electron chi connectivity index (χ2n) is 9.46. The number of hydrogen-bond acceptors (Lipinski definition) is 3. The van der Waals surface area contributed by atoms with Crippen LogP contribution in [0.1, 0.15) is 24.0 Å². The Hall–Kier alpha value is -2.14. The molecule has 0 amide bonds. The van der Waals surface area contributed by atoms with E-state index in [4.69, 9.17) is 0 Å². The molecular formula is C26H33N3O. The van der Waals surface area contributed by atoms with Gasteiger partial charge in [0.2, 0.25) is 0 Å². The van der Waals surface area contributed by atoms with Crippen LogP contribution in [0.2, 0.25) is 0 Å². The molecule has 1 atom stereocenters. The average molecular weight is 404 g/mol. The van der Waals surface area contributed by atoms with Gasteiger partial charge in [0.25, 0.3) is 0 Å². The van der Waals surface area contributed by atoms with Crippen molar-refractivity contribution in [3.63, 3.8) is 0 Å². The summed E-state index contributed by atoms with van der Waals surface area (Å²) >= 11 is 0.